The SMILES string of the molecule is CC(C1CC1)N1Cc2cc(-c3cnc4c(N)nc(C(=O)N5CC(F)(F)C5)cn34)cc(S(C)(=O)=O)c2C1=O. The van der Waals surface area contributed by atoms with Gasteiger partial charge in [0, 0.05) is 30.6 Å². The van der Waals surface area contributed by atoms with E-state index >= 15 is 0 Å². The van der Waals surface area contributed by atoms with Crippen molar-refractivity contribution in [3.8, 4) is 11.3 Å². The van der Waals surface area contributed by atoms with E-state index in [0.29, 0.717) is 22.7 Å². The second-order valence-electron chi connectivity index (χ2n) is 10.2. The van der Waals surface area contributed by atoms with E-state index in [9.17, 15) is 26.8 Å². The van der Waals surface area contributed by atoms with Crippen LogP contribution in [0.2, 0.25) is 0 Å². The van der Waals surface area contributed by atoms with Crippen LogP contribution in [0.4, 0.5) is 14.6 Å². The van der Waals surface area contributed by atoms with Crippen molar-refractivity contribution in [1.82, 2.24) is 24.2 Å². The van der Waals surface area contributed by atoms with Gasteiger partial charge in [-0.15, -0.1) is 0 Å². The Morgan fingerprint density at radius 3 is 2.57 bits per heavy atom. The second-order valence-corrected chi connectivity index (χ2v) is 12.1. The molecule has 1 unspecified atom stereocenters. The highest BCUT2D eigenvalue weighted by atomic mass is 32.2. The molecule has 37 heavy (non-hydrogen) atoms. The van der Waals surface area contributed by atoms with Gasteiger partial charge in [-0.2, -0.15) is 0 Å². The van der Waals surface area contributed by atoms with Gasteiger partial charge in [-0.25, -0.2) is 27.2 Å². The molecule has 4 heterocycles. The Morgan fingerprint density at radius 1 is 1.24 bits per heavy atom. The third kappa shape index (κ3) is 3.83. The van der Waals surface area contributed by atoms with Gasteiger partial charge in [-0.1, -0.05) is 0 Å². The van der Waals surface area contributed by atoms with Crippen LogP contribution in [-0.4, -0.2) is 75.7 Å². The van der Waals surface area contributed by atoms with E-state index in [1.165, 1.54) is 22.9 Å². The number of hydrogen-bond acceptors (Lipinski definition) is 7. The molecule has 2 fully saturated rings. The standard InChI is InChI=1S/C24H24F2N6O4S/c1-12(13-3-4-13)31-8-15-5-14(6-18(37(2,35)36)19(15)23(31)34)17-7-28-21-20(27)29-16(9-32(17)21)22(33)30-10-24(25,26)11-30/h5-7,9,12-13H,3-4,8,10-11H2,1-2H3,(H2,27,29). The minimum Gasteiger partial charge on any atom is -0.381 e. The molecule has 6 rings (SSSR count). The summed E-state index contributed by atoms with van der Waals surface area (Å²) in [6, 6.07) is 3.17. The molecule has 0 spiro atoms. The van der Waals surface area contributed by atoms with Crippen molar-refractivity contribution in [3.05, 3.63) is 41.3 Å². The lowest BCUT2D eigenvalue weighted by atomic mass is 10.0. The third-order valence-corrected chi connectivity index (χ3v) is 8.48. The average molecular weight is 531 g/mol. The minimum absolute atomic E-state index is 0.000108. The minimum atomic E-state index is -3.78. The molecule has 2 aromatic heterocycles. The maximum Gasteiger partial charge on any atom is 0.282 e. The molecule has 194 valence electrons. The Bertz CT molecular complexity index is 1610. The number of benzene rings is 1. The van der Waals surface area contributed by atoms with E-state index in [1.807, 2.05) is 6.92 Å². The van der Waals surface area contributed by atoms with Crippen molar-refractivity contribution in [3.63, 3.8) is 0 Å². The summed E-state index contributed by atoms with van der Waals surface area (Å²) in [6.45, 7) is 0.869. The number of nitrogens with zero attached hydrogens (tertiary/aromatic N) is 5. The van der Waals surface area contributed by atoms with Crippen molar-refractivity contribution in [2.45, 2.75) is 43.2 Å². The summed E-state index contributed by atoms with van der Waals surface area (Å²) in [5, 5.41) is 0. The van der Waals surface area contributed by atoms with Crippen LogP contribution in [0, 0.1) is 5.92 Å². The fourth-order valence-electron chi connectivity index (χ4n) is 5.19. The molecule has 2 N–H and O–H groups in total. The smallest absolute Gasteiger partial charge is 0.282 e. The maximum atomic E-state index is 13.3. The van der Waals surface area contributed by atoms with Gasteiger partial charge in [0.05, 0.1) is 35.4 Å². The van der Waals surface area contributed by atoms with E-state index in [4.69, 9.17) is 5.73 Å². The first kappa shape index (κ1) is 23.8. The van der Waals surface area contributed by atoms with E-state index in [-0.39, 0.29) is 46.1 Å². The number of hydrogen-bond donors (Lipinski definition) is 1. The zero-order valence-corrected chi connectivity index (χ0v) is 20.9. The van der Waals surface area contributed by atoms with Crippen molar-refractivity contribution < 1.29 is 26.8 Å². The van der Waals surface area contributed by atoms with Gasteiger partial charge in [0.15, 0.2) is 21.3 Å². The van der Waals surface area contributed by atoms with E-state index in [0.717, 1.165) is 24.0 Å². The highest BCUT2D eigenvalue weighted by molar-refractivity contribution is 7.90. The van der Waals surface area contributed by atoms with Crippen molar-refractivity contribution in [2.75, 3.05) is 25.1 Å². The summed E-state index contributed by atoms with van der Waals surface area (Å²) < 4.78 is 53.6. The molecule has 1 atom stereocenters. The summed E-state index contributed by atoms with van der Waals surface area (Å²) in [5.41, 5.74) is 7.77. The second kappa shape index (κ2) is 7.70. The number of carbonyl (C=O) groups is 2. The van der Waals surface area contributed by atoms with Crippen LogP contribution in [0.5, 0.6) is 0 Å². The van der Waals surface area contributed by atoms with E-state index in [1.54, 1.807) is 11.0 Å². The first-order valence-corrected chi connectivity index (χ1v) is 13.7. The van der Waals surface area contributed by atoms with Gasteiger partial charge >= 0.3 is 0 Å². The predicted molar refractivity (Wildman–Crippen MR) is 129 cm³/mol. The molecule has 1 saturated heterocycles. The summed E-state index contributed by atoms with van der Waals surface area (Å²) in [7, 11) is -3.78. The summed E-state index contributed by atoms with van der Waals surface area (Å²) >= 11 is 0. The van der Waals surface area contributed by atoms with Crippen molar-refractivity contribution in [2.24, 2.45) is 5.92 Å². The van der Waals surface area contributed by atoms with E-state index < -0.39 is 34.8 Å². The predicted octanol–water partition coefficient (Wildman–Crippen LogP) is 2.23. The van der Waals surface area contributed by atoms with Gasteiger partial charge in [0.2, 0.25) is 0 Å². The van der Waals surface area contributed by atoms with Crippen LogP contribution in [0.15, 0.2) is 29.4 Å². The van der Waals surface area contributed by atoms with Crippen LogP contribution in [0.1, 0.15) is 46.2 Å². The number of anilines is 1. The number of carbonyl (C=O) groups excluding carboxylic acids is 2. The summed E-state index contributed by atoms with van der Waals surface area (Å²) in [6.07, 6.45) is 5.96. The zero-order chi connectivity index (χ0) is 26.4. The molecule has 3 aliphatic rings. The molecule has 10 nitrogen and oxygen atoms in total. The monoisotopic (exact) mass is 530 g/mol. The highest BCUT2D eigenvalue weighted by Crippen LogP contribution is 2.41. The average Bonchev–Trinajstić information content (AvgIpc) is 3.48. The van der Waals surface area contributed by atoms with E-state index in [2.05, 4.69) is 9.97 Å². The topological polar surface area (TPSA) is 131 Å². The van der Waals surface area contributed by atoms with Crippen LogP contribution in [0.3, 0.4) is 0 Å². The molecule has 2 amide bonds. The van der Waals surface area contributed by atoms with Crippen LogP contribution in [-0.2, 0) is 16.4 Å². The van der Waals surface area contributed by atoms with Crippen LogP contribution >= 0.6 is 0 Å². The fourth-order valence-corrected chi connectivity index (χ4v) is 6.12. The third-order valence-electron chi connectivity index (χ3n) is 7.36. The normalized spacial score (nSPS) is 19.7. The lowest BCUT2D eigenvalue weighted by molar-refractivity contribution is -0.113. The highest BCUT2D eigenvalue weighted by Gasteiger charge is 2.47. The molecular weight excluding hydrogens is 506 g/mol. The number of alkyl halides is 2. The summed E-state index contributed by atoms with van der Waals surface area (Å²) in [4.78, 5) is 37.0. The largest absolute Gasteiger partial charge is 0.381 e. The van der Waals surface area contributed by atoms with Gasteiger partial charge in [-0.3, -0.25) is 14.0 Å². The first-order chi connectivity index (χ1) is 17.3. The van der Waals surface area contributed by atoms with Gasteiger partial charge in [0.25, 0.3) is 17.7 Å². The first-order valence-electron chi connectivity index (χ1n) is 11.8. The summed E-state index contributed by atoms with van der Waals surface area (Å²) in [5.74, 6) is -3.59. The molecule has 1 aliphatic carbocycles. The zero-order valence-electron chi connectivity index (χ0n) is 20.1. The number of nitrogens with two attached hydrogens (primary N) is 1. The molecule has 2 aliphatic heterocycles. The molecule has 13 heteroatoms. The number of amides is 2. The van der Waals surface area contributed by atoms with Gasteiger partial charge < -0.3 is 15.5 Å². The van der Waals surface area contributed by atoms with Gasteiger partial charge in [0.1, 0.15) is 5.69 Å². The Morgan fingerprint density at radius 2 is 1.95 bits per heavy atom. The van der Waals surface area contributed by atoms with Crippen molar-refractivity contribution >= 4 is 33.1 Å². The fraction of sp³-hybridized carbons (Fsp3) is 0.417. The van der Waals surface area contributed by atoms with Gasteiger partial charge in [-0.05, 0) is 43.4 Å². The molecule has 1 saturated carbocycles. The number of halogens is 2. The van der Waals surface area contributed by atoms with Crippen LogP contribution < -0.4 is 5.73 Å². The number of nitrogen functional groups attached to an aromatic ring is 1. The van der Waals surface area contributed by atoms with Crippen LogP contribution in [0.25, 0.3) is 16.9 Å². The van der Waals surface area contributed by atoms with Crippen molar-refractivity contribution in [1.29, 1.82) is 0 Å². The quantitative estimate of drug-likeness (QED) is 0.535. The lowest BCUT2D eigenvalue weighted by Gasteiger charge is -2.38. The lowest BCUT2D eigenvalue weighted by Crippen LogP contribution is -2.58. The Balaban J connectivity index is 1.45. The molecular formula is C24H24F2N6O4S. The number of imidazole rings is 1. The molecule has 0 bridgehead atoms. The number of likely N-dealkylation sites (tertiary alicyclic amines) is 1. The number of rotatable bonds is 5. The Labute approximate surface area is 211 Å². The number of aromatic nitrogens is 3. The number of sulfone groups is 1. The Hall–Kier alpha value is -3.61. The molecule has 1 aromatic carbocycles. The Kier molecular flexibility index (Phi) is 4.94. The number of fused-ring (bicyclic) bond motifs is 2. The molecule has 0 radical (unpaired) electrons. The maximum absolute atomic E-state index is 13.3. The molecule has 3 aromatic rings.